The summed E-state index contributed by atoms with van der Waals surface area (Å²) in [7, 11) is -9.89. The Kier molecular flexibility index (Phi) is 66.8. The number of carbonyl (C=O) groups excluding carboxylic acids is 4. The topological polar surface area (TPSA) is 237 Å². The van der Waals surface area contributed by atoms with Crippen molar-refractivity contribution >= 4 is 39.5 Å². The van der Waals surface area contributed by atoms with E-state index in [1.807, 2.05) is 0 Å². The molecule has 0 saturated heterocycles. The Morgan fingerprint density at radius 2 is 0.489 bits per heavy atom. The molecule has 0 rings (SSSR count). The van der Waals surface area contributed by atoms with E-state index >= 15 is 0 Å². The second kappa shape index (κ2) is 68.2. The van der Waals surface area contributed by atoms with Crippen molar-refractivity contribution in [1.29, 1.82) is 0 Å². The van der Waals surface area contributed by atoms with Gasteiger partial charge < -0.3 is 33.8 Å². The van der Waals surface area contributed by atoms with Gasteiger partial charge in [-0.1, -0.05) is 343 Å². The van der Waals surface area contributed by atoms with E-state index in [4.69, 9.17) is 37.0 Å². The maximum Gasteiger partial charge on any atom is 0.472 e. The zero-order valence-electron chi connectivity index (χ0n) is 61.1. The Labute approximate surface area is 575 Å². The van der Waals surface area contributed by atoms with Crippen molar-refractivity contribution in [2.45, 2.75) is 412 Å². The molecule has 19 heteroatoms. The molecule has 0 heterocycles. The molecule has 0 aromatic heterocycles. The third-order valence-corrected chi connectivity index (χ3v) is 19.4. The van der Waals surface area contributed by atoms with E-state index in [-0.39, 0.29) is 25.7 Å². The number of unbranched alkanes of at least 4 members (excludes halogenated alkanes) is 47. The molecule has 0 saturated carbocycles. The van der Waals surface area contributed by atoms with E-state index in [9.17, 15) is 43.2 Å². The number of rotatable bonds is 75. The molecule has 94 heavy (non-hydrogen) atoms. The van der Waals surface area contributed by atoms with Crippen LogP contribution in [-0.2, 0) is 65.4 Å². The molecule has 2 unspecified atom stereocenters. The average Bonchev–Trinajstić information content (AvgIpc) is 1.33. The normalized spacial score (nSPS) is 14.0. The van der Waals surface area contributed by atoms with Gasteiger partial charge in [0.1, 0.15) is 19.3 Å². The lowest BCUT2D eigenvalue weighted by molar-refractivity contribution is -0.161. The minimum Gasteiger partial charge on any atom is -0.462 e. The first kappa shape index (κ1) is 92.1. The van der Waals surface area contributed by atoms with Crippen LogP contribution in [0.5, 0.6) is 0 Å². The Bertz CT molecular complexity index is 1810. The summed E-state index contributed by atoms with van der Waals surface area (Å²) in [6.45, 7) is 7.19. The molecule has 0 amide bonds. The first-order valence-corrected chi connectivity index (χ1v) is 42.1. The second-order valence-corrected chi connectivity index (χ2v) is 30.4. The van der Waals surface area contributed by atoms with E-state index < -0.39 is 97.5 Å². The molecule has 0 bridgehead atoms. The van der Waals surface area contributed by atoms with Crippen molar-refractivity contribution in [3.63, 3.8) is 0 Å². The maximum absolute atomic E-state index is 13.1. The number of aliphatic hydroxyl groups excluding tert-OH is 1. The van der Waals surface area contributed by atoms with Crippen molar-refractivity contribution in [3.8, 4) is 0 Å². The largest absolute Gasteiger partial charge is 0.472 e. The van der Waals surface area contributed by atoms with Crippen molar-refractivity contribution in [1.82, 2.24) is 0 Å². The zero-order valence-corrected chi connectivity index (χ0v) is 62.9. The minimum atomic E-state index is -4.95. The number of esters is 4. The standard InChI is InChI=1S/C75H146O17P2/c1-6-9-12-15-17-19-20-21-22-23-24-25-29-32-35-38-41-45-49-54-59-73(78)86-65-71(92-75(80)61-56-51-46-42-39-36-33-30-27-26-28-31-34-37-40-43-48-52-57-68(4)5)67-90-94(83,84)88-63-69(76)62-87-93(81,82)89-66-70(64-85-72(77)58-53-47-14-11-8-3)91-74(79)60-55-50-44-18-16-13-10-7-2/h68-71,76H,6-67H2,1-5H3,(H,81,82)(H,83,84)/t69-,70+,71+/m0/s1. The highest BCUT2D eigenvalue weighted by Gasteiger charge is 2.30. The van der Waals surface area contributed by atoms with Gasteiger partial charge in [-0.15, -0.1) is 0 Å². The molecule has 0 aliphatic carbocycles. The number of phosphoric acid groups is 2. The van der Waals surface area contributed by atoms with Gasteiger partial charge in [0.25, 0.3) is 0 Å². The van der Waals surface area contributed by atoms with Gasteiger partial charge in [-0.3, -0.25) is 37.3 Å². The monoisotopic (exact) mass is 1380 g/mol. The van der Waals surface area contributed by atoms with E-state index in [2.05, 4.69) is 34.6 Å². The number of carbonyl (C=O) groups is 4. The first-order valence-electron chi connectivity index (χ1n) is 39.1. The fraction of sp³-hybridized carbons (Fsp3) is 0.947. The highest BCUT2D eigenvalue weighted by molar-refractivity contribution is 7.47. The highest BCUT2D eigenvalue weighted by atomic mass is 31.2. The molecular formula is C75H146O17P2. The Morgan fingerprint density at radius 1 is 0.287 bits per heavy atom. The molecule has 0 radical (unpaired) electrons. The summed E-state index contributed by atoms with van der Waals surface area (Å²) in [5.41, 5.74) is 0. The number of aliphatic hydroxyl groups is 1. The van der Waals surface area contributed by atoms with Crippen LogP contribution in [0.2, 0.25) is 0 Å². The van der Waals surface area contributed by atoms with Gasteiger partial charge in [0.05, 0.1) is 26.4 Å². The Hall–Kier alpha value is -1.94. The van der Waals surface area contributed by atoms with Crippen LogP contribution in [0, 0.1) is 5.92 Å². The number of phosphoric ester groups is 2. The van der Waals surface area contributed by atoms with Crippen LogP contribution in [-0.4, -0.2) is 96.7 Å². The predicted molar refractivity (Wildman–Crippen MR) is 382 cm³/mol. The molecule has 0 aromatic carbocycles. The Balaban J connectivity index is 5.07. The maximum atomic E-state index is 13.1. The molecule has 0 spiro atoms. The summed E-state index contributed by atoms with van der Waals surface area (Å²) in [4.78, 5) is 72.3. The lowest BCUT2D eigenvalue weighted by atomic mass is 10.0. The van der Waals surface area contributed by atoms with Crippen LogP contribution in [0.25, 0.3) is 0 Å². The van der Waals surface area contributed by atoms with Gasteiger partial charge in [-0.05, 0) is 31.6 Å². The average molecular weight is 1380 g/mol. The third kappa shape index (κ3) is 68.6. The summed E-state index contributed by atoms with van der Waals surface area (Å²) in [6, 6.07) is 0. The molecule has 0 fully saturated rings. The van der Waals surface area contributed by atoms with E-state index in [1.54, 1.807) is 0 Å². The zero-order chi connectivity index (χ0) is 69.1. The highest BCUT2D eigenvalue weighted by Crippen LogP contribution is 2.45. The number of hydrogen-bond acceptors (Lipinski definition) is 15. The fourth-order valence-electron chi connectivity index (χ4n) is 11.5. The van der Waals surface area contributed by atoms with E-state index in [0.717, 1.165) is 109 Å². The molecule has 0 aliphatic heterocycles. The quantitative estimate of drug-likeness (QED) is 0.0222. The smallest absolute Gasteiger partial charge is 0.462 e. The van der Waals surface area contributed by atoms with Crippen LogP contribution in [0.1, 0.15) is 394 Å². The van der Waals surface area contributed by atoms with Crippen LogP contribution in [0.4, 0.5) is 0 Å². The van der Waals surface area contributed by atoms with Crippen LogP contribution < -0.4 is 0 Å². The van der Waals surface area contributed by atoms with Gasteiger partial charge in [0.15, 0.2) is 12.2 Å². The van der Waals surface area contributed by atoms with Crippen molar-refractivity contribution in [2.24, 2.45) is 5.92 Å². The number of hydrogen-bond donors (Lipinski definition) is 3. The van der Waals surface area contributed by atoms with Gasteiger partial charge in [0, 0.05) is 25.7 Å². The lowest BCUT2D eigenvalue weighted by Gasteiger charge is -2.21. The first-order chi connectivity index (χ1) is 45.5. The summed E-state index contributed by atoms with van der Waals surface area (Å²) in [6.07, 6.45) is 57.7. The molecule has 558 valence electrons. The SMILES string of the molecule is CCCCCCCCCCCCCCCCCCCCCCC(=O)OC[C@H](COP(=O)(O)OC[C@@H](O)COP(=O)(O)OC[C@@H](COC(=O)CCCCCCC)OC(=O)CCCCCCCCCC)OC(=O)CCCCCCCCCCCCCCCCCCCCC(C)C. The molecule has 3 N–H and O–H groups in total. The summed E-state index contributed by atoms with van der Waals surface area (Å²) in [5, 5.41) is 10.6. The number of ether oxygens (including phenoxy) is 4. The fourth-order valence-corrected chi connectivity index (χ4v) is 13.1. The minimum absolute atomic E-state index is 0.104. The van der Waals surface area contributed by atoms with Crippen molar-refractivity contribution < 1.29 is 80.2 Å². The second-order valence-electron chi connectivity index (χ2n) is 27.5. The summed E-state index contributed by atoms with van der Waals surface area (Å²) >= 11 is 0. The third-order valence-electron chi connectivity index (χ3n) is 17.5. The van der Waals surface area contributed by atoms with E-state index in [1.165, 1.54) is 205 Å². The van der Waals surface area contributed by atoms with Gasteiger partial charge >= 0.3 is 39.5 Å². The van der Waals surface area contributed by atoms with Gasteiger partial charge in [0.2, 0.25) is 0 Å². The van der Waals surface area contributed by atoms with Crippen LogP contribution in [0.15, 0.2) is 0 Å². The molecule has 5 atom stereocenters. The van der Waals surface area contributed by atoms with Crippen molar-refractivity contribution in [3.05, 3.63) is 0 Å². The van der Waals surface area contributed by atoms with Crippen LogP contribution >= 0.6 is 15.6 Å². The van der Waals surface area contributed by atoms with E-state index in [0.29, 0.717) is 25.7 Å². The molecule has 17 nitrogen and oxygen atoms in total. The van der Waals surface area contributed by atoms with Gasteiger partial charge in [-0.25, -0.2) is 9.13 Å². The predicted octanol–water partition coefficient (Wildman–Crippen LogP) is 22.1. The summed E-state index contributed by atoms with van der Waals surface area (Å²) in [5.74, 6) is -1.31. The molecule has 0 aliphatic rings. The summed E-state index contributed by atoms with van der Waals surface area (Å²) < 4.78 is 68.1. The van der Waals surface area contributed by atoms with Crippen LogP contribution in [0.3, 0.4) is 0 Å². The van der Waals surface area contributed by atoms with Crippen molar-refractivity contribution in [2.75, 3.05) is 39.6 Å². The van der Waals surface area contributed by atoms with Gasteiger partial charge in [-0.2, -0.15) is 0 Å². The molecule has 0 aromatic rings. The lowest BCUT2D eigenvalue weighted by Crippen LogP contribution is -2.30. The molecular weight excluding hydrogens is 1230 g/mol. The Morgan fingerprint density at radius 3 is 0.723 bits per heavy atom.